The molecule has 1 rings (SSSR count). The molecule has 0 aliphatic rings. The fraction of sp³-hybridized carbons (Fsp3) is 0.400. The summed E-state index contributed by atoms with van der Waals surface area (Å²) in [5, 5.41) is 0. The molecule has 1 aromatic rings. The summed E-state index contributed by atoms with van der Waals surface area (Å²) in [7, 11) is -13.1. The van der Waals surface area contributed by atoms with Crippen LogP contribution in [0.4, 0.5) is 0 Å². The molecule has 0 atom stereocenters. The first-order valence-corrected chi connectivity index (χ1v) is 10.5. The van der Waals surface area contributed by atoms with Gasteiger partial charge in [0.15, 0.2) is 19.7 Å². The van der Waals surface area contributed by atoms with Crippen LogP contribution in [0.1, 0.15) is 5.56 Å². The lowest BCUT2D eigenvalue weighted by molar-refractivity contribution is 0.577. The maximum absolute atomic E-state index is 12.2. The summed E-state index contributed by atoms with van der Waals surface area (Å²) >= 11 is 0. The van der Waals surface area contributed by atoms with Crippen molar-refractivity contribution >= 4 is 29.5 Å². The molecule has 0 saturated heterocycles. The Kier molecular flexibility index (Phi) is 4.14. The third-order valence-electron chi connectivity index (χ3n) is 2.30. The number of sulfone groups is 3. The predicted octanol–water partition coefficient (Wildman–Crippen LogP) is 0.142. The molecule has 0 N–H and O–H groups in total. The van der Waals surface area contributed by atoms with E-state index in [4.69, 9.17) is 0 Å². The van der Waals surface area contributed by atoms with Gasteiger partial charge in [0.05, 0.1) is 4.90 Å². The molecule has 0 aliphatic carbocycles. The van der Waals surface area contributed by atoms with E-state index in [1.165, 1.54) is 24.3 Å². The van der Waals surface area contributed by atoms with Gasteiger partial charge in [-0.05, 0) is 19.1 Å². The molecule has 0 amide bonds. The lowest BCUT2D eigenvalue weighted by Gasteiger charge is -2.14. The molecule has 9 heteroatoms. The summed E-state index contributed by atoms with van der Waals surface area (Å²) in [5.41, 5.74) is 0.772. The van der Waals surface area contributed by atoms with Crippen LogP contribution in [0.5, 0.6) is 0 Å². The molecular formula is C10H14O6S3. The highest BCUT2D eigenvalue weighted by Crippen LogP contribution is 2.23. The van der Waals surface area contributed by atoms with Gasteiger partial charge in [-0.25, -0.2) is 25.3 Å². The lowest BCUT2D eigenvalue weighted by Crippen LogP contribution is -2.36. The standard InChI is InChI=1S/C10H14O6S3/c1-8-4-6-9(7-5-8)19(15,16)10(17(2,11)12)18(3,13)14/h4-7,10H,1-3H3. The van der Waals surface area contributed by atoms with Crippen molar-refractivity contribution in [1.82, 2.24) is 0 Å². The first kappa shape index (κ1) is 16.1. The molecule has 0 spiro atoms. The van der Waals surface area contributed by atoms with Crippen molar-refractivity contribution in [2.24, 2.45) is 0 Å². The third-order valence-corrected chi connectivity index (χ3v) is 10.9. The normalized spacial score (nSPS) is 13.7. The van der Waals surface area contributed by atoms with Crippen LogP contribution in [0.3, 0.4) is 0 Å². The van der Waals surface area contributed by atoms with Crippen LogP contribution < -0.4 is 0 Å². The van der Waals surface area contributed by atoms with Gasteiger partial charge in [-0.3, -0.25) is 0 Å². The highest BCUT2D eigenvalue weighted by Gasteiger charge is 2.44. The highest BCUT2D eigenvalue weighted by molar-refractivity contribution is 8.23. The van der Waals surface area contributed by atoms with Crippen LogP contribution in [0.15, 0.2) is 29.2 Å². The molecule has 108 valence electrons. The molecule has 0 unspecified atom stereocenters. The minimum atomic E-state index is -4.51. The van der Waals surface area contributed by atoms with Crippen molar-refractivity contribution in [1.29, 1.82) is 0 Å². The maximum atomic E-state index is 12.2. The first-order valence-electron chi connectivity index (χ1n) is 5.05. The Balaban J connectivity index is 3.60. The zero-order valence-electron chi connectivity index (χ0n) is 10.6. The topological polar surface area (TPSA) is 102 Å². The molecule has 0 saturated carbocycles. The number of benzene rings is 1. The van der Waals surface area contributed by atoms with Gasteiger partial charge < -0.3 is 0 Å². The molecule has 0 aliphatic heterocycles. The van der Waals surface area contributed by atoms with Gasteiger partial charge in [-0.2, -0.15) is 0 Å². The molecule has 0 radical (unpaired) electrons. The summed E-state index contributed by atoms with van der Waals surface area (Å²) in [5.74, 6) is 0. The fourth-order valence-electron chi connectivity index (χ4n) is 1.62. The molecule has 0 heterocycles. The van der Waals surface area contributed by atoms with Gasteiger partial charge in [0.1, 0.15) is 0 Å². The van der Waals surface area contributed by atoms with Crippen molar-refractivity contribution in [3.05, 3.63) is 29.8 Å². The predicted molar refractivity (Wildman–Crippen MR) is 71.8 cm³/mol. The van der Waals surface area contributed by atoms with E-state index in [1.54, 1.807) is 6.92 Å². The average Bonchev–Trinajstić information content (AvgIpc) is 2.12. The molecule has 0 fully saturated rings. The van der Waals surface area contributed by atoms with Crippen LogP contribution in [-0.4, -0.2) is 41.7 Å². The van der Waals surface area contributed by atoms with Crippen LogP contribution in [0.25, 0.3) is 0 Å². The highest BCUT2D eigenvalue weighted by atomic mass is 32.3. The van der Waals surface area contributed by atoms with Crippen molar-refractivity contribution in [3.63, 3.8) is 0 Å². The Hall–Kier alpha value is -0.930. The summed E-state index contributed by atoms with van der Waals surface area (Å²) < 4.78 is 67.9. The van der Waals surface area contributed by atoms with Crippen LogP contribution in [0, 0.1) is 6.92 Å². The number of aryl methyl sites for hydroxylation is 1. The van der Waals surface area contributed by atoms with E-state index in [2.05, 4.69) is 0 Å². The second-order valence-corrected chi connectivity index (χ2v) is 11.5. The number of hydrogen-bond acceptors (Lipinski definition) is 6. The Morgan fingerprint density at radius 2 is 1.16 bits per heavy atom. The van der Waals surface area contributed by atoms with E-state index in [0.717, 1.165) is 5.56 Å². The maximum Gasteiger partial charge on any atom is 0.266 e. The Morgan fingerprint density at radius 3 is 1.47 bits per heavy atom. The van der Waals surface area contributed by atoms with Gasteiger partial charge in [0, 0.05) is 12.5 Å². The number of hydrogen-bond donors (Lipinski definition) is 0. The zero-order chi connectivity index (χ0) is 15.1. The van der Waals surface area contributed by atoms with Gasteiger partial charge in [-0.1, -0.05) is 17.7 Å². The Labute approximate surface area is 113 Å². The van der Waals surface area contributed by atoms with Gasteiger partial charge in [0.25, 0.3) is 3.91 Å². The minimum Gasteiger partial charge on any atom is -0.227 e. The average molecular weight is 326 g/mol. The SMILES string of the molecule is Cc1ccc(S(=O)(=O)C(S(C)(=O)=O)S(C)(=O)=O)cc1. The van der Waals surface area contributed by atoms with Crippen molar-refractivity contribution in [3.8, 4) is 0 Å². The molecule has 6 nitrogen and oxygen atoms in total. The Morgan fingerprint density at radius 1 is 0.789 bits per heavy atom. The zero-order valence-corrected chi connectivity index (χ0v) is 13.0. The van der Waals surface area contributed by atoms with Crippen LogP contribution >= 0.6 is 0 Å². The molecule has 0 bridgehead atoms. The van der Waals surface area contributed by atoms with Crippen molar-refractivity contribution in [2.75, 3.05) is 12.5 Å². The van der Waals surface area contributed by atoms with E-state index in [0.29, 0.717) is 12.5 Å². The fourth-order valence-corrected chi connectivity index (χ4v) is 9.24. The summed E-state index contributed by atoms with van der Waals surface area (Å²) in [4.78, 5) is -0.334. The monoisotopic (exact) mass is 326 g/mol. The summed E-state index contributed by atoms with van der Waals surface area (Å²) in [6.07, 6.45) is 1.18. The van der Waals surface area contributed by atoms with Gasteiger partial charge in [0.2, 0.25) is 9.84 Å². The van der Waals surface area contributed by atoms with E-state index < -0.39 is 33.4 Å². The van der Waals surface area contributed by atoms with Gasteiger partial charge in [-0.15, -0.1) is 0 Å². The number of rotatable bonds is 4. The Bertz CT molecular complexity index is 738. The van der Waals surface area contributed by atoms with E-state index in [1.807, 2.05) is 0 Å². The van der Waals surface area contributed by atoms with Crippen molar-refractivity contribution in [2.45, 2.75) is 15.7 Å². The van der Waals surface area contributed by atoms with E-state index in [9.17, 15) is 25.3 Å². The quantitative estimate of drug-likeness (QED) is 0.780. The van der Waals surface area contributed by atoms with Crippen LogP contribution in [-0.2, 0) is 29.5 Å². The lowest BCUT2D eigenvalue weighted by atomic mass is 10.2. The van der Waals surface area contributed by atoms with E-state index >= 15 is 0 Å². The third kappa shape index (κ3) is 3.54. The molecule has 19 heavy (non-hydrogen) atoms. The summed E-state index contributed by atoms with van der Waals surface area (Å²) in [6, 6.07) is 5.31. The largest absolute Gasteiger partial charge is 0.266 e. The first-order chi connectivity index (χ1) is 8.37. The van der Waals surface area contributed by atoms with E-state index in [-0.39, 0.29) is 4.90 Å². The minimum absolute atomic E-state index is 0.334. The molecule has 1 aromatic carbocycles. The van der Waals surface area contributed by atoms with Crippen LogP contribution in [0.2, 0.25) is 0 Å². The molecule has 0 aromatic heterocycles. The second-order valence-electron chi connectivity index (χ2n) is 4.31. The molecular weight excluding hydrogens is 312 g/mol. The summed E-state index contributed by atoms with van der Waals surface area (Å²) in [6.45, 7) is 1.72. The smallest absolute Gasteiger partial charge is 0.227 e. The van der Waals surface area contributed by atoms with Gasteiger partial charge >= 0.3 is 0 Å². The van der Waals surface area contributed by atoms with Crippen molar-refractivity contribution < 1.29 is 25.3 Å². The second kappa shape index (κ2) is 4.88.